The lowest BCUT2D eigenvalue weighted by Gasteiger charge is -2.21. The Hall–Kier alpha value is -2.88. The predicted octanol–water partition coefficient (Wildman–Crippen LogP) is 3.64. The predicted molar refractivity (Wildman–Crippen MR) is 121 cm³/mol. The smallest absolute Gasteiger partial charge is 0.342 e. The fourth-order valence-electron chi connectivity index (χ4n) is 4.05. The van der Waals surface area contributed by atoms with Gasteiger partial charge in [-0.25, -0.2) is 4.79 Å². The van der Waals surface area contributed by atoms with E-state index in [9.17, 15) is 9.59 Å². The number of ether oxygens (including phenoxy) is 7. The van der Waals surface area contributed by atoms with E-state index in [-0.39, 0.29) is 36.6 Å². The highest BCUT2D eigenvalue weighted by molar-refractivity contribution is 5.99. The van der Waals surface area contributed by atoms with Crippen molar-refractivity contribution in [3.8, 4) is 17.2 Å². The highest BCUT2D eigenvalue weighted by Gasteiger charge is 2.43. The second-order valence-electron chi connectivity index (χ2n) is 8.91. The van der Waals surface area contributed by atoms with Crippen molar-refractivity contribution in [2.45, 2.75) is 58.2 Å². The maximum Gasteiger partial charge on any atom is 0.342 e. The lowest BCUT2D eigenvalue weighted by Crippen LogP contribution is -2.30. The minimum absolute atomic E-state index is 0.0148. The number of benzene rings is 1. The number of hydrogen-bond donors (Lipinski definition) is 0. The summed E-state index contributed by atoms with van der Waals surface area (Å²) in [6, 6.07) is 1.59. The Morgan fingerprint density at radius 2 is 1.91 bits per heavy atom. The number of fused-ring (bicyclic) bond motifs is 4. The minimum atomic E-state index is -0.893. The molecule has 1 aromatic rings. The van der Waals surface area contributed by atoms with Gasteiger partial charge in [0.2, 0.25) is 6.79 Å². The third-order valence-corrected chi connectivity index (χ3v) is 5.91. The summed E-state index contributed by atoms with van der Waals surface area (Å²) in [5, 5.41) is 0. The molecule has 3 aliphatic heterocycles. The molecule has 4 rings (SSSR count). The monoisotopic (exact) mass is 474 g/mol. The van der Waals surface area contributed by atoms with E-state index in [1.807, 2.05) is 13.0 Å². The molecule has 0 aliphatic carbocycles. The molecule has 0 bridgehead atoms. The Balaban J connectivity index is 1.80. The van der Waals surface area contributed by atoms with Gasteiger partial charge in [0.1, 0.15) is 23.5 Å². The topological polar surface area (TPSA) is 98.8 Å². The van der Waals surface area contributed by atoms with Crippen molar-refractivity contribution in [2.24, 2.45) is 5.92 Å². The van der Waals surface area contributed by atoms with E-state index in [0.29, 0.717) is 23.5 Å². The summed E-state index contributed by atoms with van der Waals surface area (Å²) in [6.07, 6.45) is 5.35. The van der Waals surface area contributed by atoms with Crippen LogP contribution < -0.4 is 14.2 Å². The van der Waals surface area contributed by atoms with Crippen molar-refractivity contribution >= 4 is 17.8 Å². The number of hydrogen-bond acceptors (Lipinski definition) is 9. The molecule has 0 saturated carbocycles. The number of rotatable bonds is 3. The van der Waals surface area contributed by atoms with Crippen LogP contribution in [0.25, 0.3) is 6.08 Å². The molecular formula is C25H30O9. The van der Waals surface area contributed by atoms with Crippen LogP contribution in [0, 0.1) is 5.92 Å². The van der Waals surface area contributed by atoms with Crippen molar-refractivity contribution in [1.82, 2.24) is 0 Å². The third kappa shape index (κ3) is 4.96. The summed E-state index contributed by atoms with van der Waals surface area (Å²) < 4.78 is 39.6. The molecule has 0 aromatic heterocycles. The molecule has 1 aromatic carbocycles. The molecular weight excluding hydrogens is 444 g/mol. The fourth-order valence-corrected chi connectivity index (χ4v) is 4.05. The van der Waals surface area contributed by atoms with Gasteiger partial charge >= 0.3 is 5.97 Å². The minimum Gasteiger partial charge on any atom is -0.466 e. The molecule has 184 valence electrons. The average molecular weight is 475 g/mol. The molecule has 1 saturated heterocycles. The van der Waals surface area contributed by atoms with Crippen LogP contribution in [0.4, 0.5) is 0 Å². The van der Waals surface area contributed by atoms with Crippen LogP contribution in [0.15, 0.2) is 24.3 Å². The van der Waals surface area contributed by atoms with E-state index >= 15 is 0 Å². The van der Waals surface area contributed by atoms with Crippen LogP contribution in [0.5, 0.6) is 17.2 Å². The molecule has 34 heavy (non-hydrogen) atoms. The number of carbonyl (C=O) groups excluding carboxylic acids is 2. The maximum absolute atomic E-state index is 13.3. The maximum atomic E-state index is 13.3. The van der Waals surface area contributed by atoms with E-state index in [0.717, 1.165) is 0 Å². The van der Waals surface area contributed by atoms with Crippen molar-refractivity contribution in [1.29, 1.82) is 0 Å². The molecule has 4 atom stereocenters. The Bertz CT molecular complexity index is 1010. The Kier molecular flexibility index (Phi) is 6.97. The van der Waals surface area contributed by atoms with Gasteiger partial charge in [0, 0.05) is 24.7 Å². The van der Waals surface area contributed by atoms with Crippen LogP contribution in [-0.4, -0.2) is 56.5 Å². The van der Waals surface area contributed by atoms with E-state index < -0.39 is 30.1 Å². The lowest BCUT2D eigenvalue weighted by atomic mass is 9.99. The number of carbonyl (C=O) groups is 2. The van der Waals surface area contributed by atoms with Crippen molar-refractivity contribution < 1.29 is 42.7 Å². The number of methoxy groups -OCH3 is 1. The quantitative estimate of drug-likeness (QED) is 0.480. The first-order chi connectivity index (χ1) is 16.2. The van der Waals surface area contributed by atoms with Gasteiger partial charge in [0.15, 0.2) is 29.9 Å². The highest BCUT2D eigenvalue weighted by Crippen LogP contribution is 2.44. The standard InChI is InChI=1S/C25H30O9/c1-14-9-10-17(26)23-18(33-25(3,4)34-23)8-6-7-16-21(24(27)32-15(14)2)19(29-12-28-5)11-20-22(16)31-13-30-20/h6-7,9-11,14-15,18,23H,8,12-13H2,1-5H3/b7-6+,10-9-/t14-,15+,18+,23-/m1/s1. The number of esters is 1. The van der Waals surface area contributed by atoms with Gasteiger partial charge in [0.25, 0.3) is 0 Å². The fraction of sp³-hybridized carbons (Fsp3) is 0.520. The van der Waals surface area contributed by atoms with Crippen molar-refractivity contribution in [3.05, 3.63) is 35.4 Å². The first kappa shape index (κ1) is 24.3. The number of ketones is 1. The van der Waals surface area contributed by atoms with Gasteiger partial charge in [0.05, 0.1) is 6.10 Å². The third-order valence-electron chi connectivity index (χ3n) is 5.91. The SMILES string of the molecule is COCOc1cc2c(c3c1C(=O)O[C@@H](C)[C@H](C)/C=C\C(=O)[C@H]1OC(C)(C)O[C@H]1C/C=C/3)OCO2. The zero-order valence-electron chi connectivity index (χ0n) is 20.0. The van der Waals surface area contributed by atoms with Crippen LogP contribution in [0.2, 0.25) is 0 Å². The van der Waals surface area contributed by atoms with Crippen LogP contribution in [0.1, 0.15) is 50.0 Å². The van der Waals surface area contributed by atoms with E-state index in [1.165, 1.54) is 13.2 Å². The Morgan fingerprint density at radius 3 is 2.68 bits per heavy atom. The zero-order valence-corrected chi connectivity index (χ0v) is 20.0. The molecule has 3 heterocycles. The van der Waals surface area contributed by atoms with Gasteiger partial charge in [-0.15, -0.1) is 0 Å². The summed E-state index contributed by atoms with van der Waals surface area (Å²) in [5.74, 6) is -0.789. The molecule has 0 spiro atoms. The van der Waals surface area contributed by atoms with Gasteiger partial charge in [-0.2, -0.15) is 0 Å². The Morgan fingerprint density at radius 1 is 1.12 bits per heavy atom. The van der Waals surface area contributed by atoms with Crippen LogP contribution in [0.3, 0.4) is 0 Å². The van der Waals surface area contributed by atoms with Gasteiger partial charge < -0.3 is 33.2 Å². The molecule has 9 nitrogen and oxygen atoms in total. The first-order valence-corrected chi connectivity index (χ1v) is 11.2. The summed E-state index contributed by atoms with van der Waals surface area (Å²) >= 11 is 0. The number of cyclic esters (lactones) is 1. The van der Waals surface area contributed by atoms with Crippen molar-refractivity contribution in [3.63, 3.8) is 0 Å². The zero-order chi connectivity index (χ0) is 24.5. The summed E-state index contributed by atoms with van der Waals surface area (Å²) in [4.78, 5) is 26.2. The van der Waals surface area contributed by atoms with E-state index in [4.69, 9.17) is 33.2 Å². The molecule has 0 amide bonds. The van der Waals surface area contributed by atoms with E-state index in [2.05, 4.69) is 0 Å². The van der Waals surface area contributed by atoms with Gasteiger partial charge in [-0.05, 0) is 33.3 Å². The van der Waals surface area contributed by atoms with Crippen LogP contribution in [-0.2, 0) is 23.7 Å². The normalized spacial score (nSPS) is 30.0. The molecule has 9 heteroatoms. The van der Waals surface area contributed by atoms with Crippen molar-refractivity contribution in [2.75, 3.05) is 20.7 Å². The van der Waals surface area contributed by atoms with E-state index in [1.54, 1.807) is 39.0 Å². The molecule has 0 unspecified atom stereocenters. The van der Waals surface area contributed by atoms with Gasteiger partial charge in [-0.3, -0.25) is 4.79 Å². The second kappa shape index (κ2) is 9.77. The largest absolute Gasteiger partial charge is 0.466 e. The molecule has 0 N–H and O–H groups in total. The van der Waals surface area contributed by atoms with Crippen LogP contribution >= 0.6 is 0 Å². The average Bonchev–Trinajstić information content (AvgIpc) is 3.38. The summed E-state index contributed by atoms with van der Waals surface area (Å²) in [6.45, 7) is 7.13. The molecule has 0 radical (unpaired) electrons. The highest BCUT2D eigenvalue weighted by atomic mass is 16.8. The first-order valence-electron chi connectivity index (χ1n) is 11.2. The molecule has 1 fully saturated rings. The van der Waals surface area contributed by atoms with Gasteiger partial charge in [-0.1, -0.05) is 25.2 Å². The summed E-state index contributed by atoms with van der Waals surface area (Å²) in [7, 11) is 1.49. The second-order valence-corrected chi connectivity index (χ2v) is 8.91. The summed E-state index contributed by atoms with van der Waals surface area (Å²) in [5.41, 5.74) is 0.661. The Labute approximate surface area is 198 Å². The lowest BCUT2D eigenvalue weighted by molar-refractivity contribution is -0.152. The molecule has 3 aliphatic rings.